The zero-order valence-corrected chi connectivity index (χ0v) is 10.9. The van der Waals surface area contributed by atoms with Gasteiger partial charge in [0, 0.05) is 0 Å². The van der Waals surface area contributed by atoms with E-state index in [1.807, 2.05) is 11.6 Å². The Kier molecular flexibility index (Phi) is 2.04. The highest BCUT2D eigenvalue weighted by Crippen LogP contribution is 2.57. The van der Waals surface area contributed by atoms with Crippen LogP contribution in [0.1, 0.15) is 43.8 Å². The van der Waals surface area contributed by atoms with Gasteiger partial charge in [0.2, 0.25) is 0 Å². The minimum atomic E-state index is 0.00461. The highest BCUT2D eigenvalue weighted by Gasteiger charge is 2.49. The van der Waals surface area contributed by atoms with Gasteiger partial charge in [0.1, 0.15) is 5.69 Å². The van der Waals surface area contributed by atoms with E-state index >= 15 is 0 Å². The first-order valence-electron chi connectivity index (χ1n) is 7.20. The lowest BCUT2D eigenvalue weighted by molar-refractivity contribution is -0.0348. The van der Waals surface area contributed by atoms with E-state index < -0.39 is 0 Å². The standard InChI is InChI=1S/C14H21N3O/c1-7-12(15)14(18)17(16-7)13-10-3-8-2-9(5-10)6-11(13)4-8/h8-11,13,16H,2-6,15H2,1H3. The number of hydrogen-bond acceptors (Lipinski definition) is 2. The molecule has 0 unspecified atom stereocenters. The van der Waals surface area contributed by atoms with Crippen LogP contribution in [0.5, 0.6) is 0 Å². The maximum atomic E-state index is 12.2. The monoisotopic (exact) mass is 247 g/mol. The Morgan fingerprint density at radius 2 is 1.67 bits per heavy atom. The molecule has 98 valence electrons. The summed E-state index contributed by atoms with van der Waals surface area (Å²) in [6, 6.07) is 0.390. The summed E-state index contributed by atoms with van der Waals surface area (Å²) in [6.07, 6.45) is 6.73. The highest BCUT2D eigenvalue weighted by molar-refractivity contribution is 5.39. The molecular formula is C14H21N3O. The van der Waals surface area contributed by atoms with Crippen molar-refractivity contribution in [2.45, 2.75) is 45.1 Å². The predicted molar refractivity (Wildman–Crippen MR) is 70.3 cm³/mol. The van der Waals surface area contributed by atoms with Crippen molar-refractivity contribution in [1.82, 2.24) is 9.78 Å². The van der Waals surface area contributed by atoms with Crippen LogP contribution in [0, 0.1) is 30.6 Å². The summed E-state index contributed by atoms with van der Waals surface area (Å²) in [6.45, 7) is 1.89. The number of H-pyrrole nitrogens is 1. The van der Waals surface area contributed by atoms with Crippen LogP contribution < -0.4 is 11.3 Å². The zero-order valence-electron chi connectivity index (χ0n) is 10.9. The van der Waals surface area contributed by atoms with Crippen molar-refractivity contribution in [3.8, 4) is 0 Å². The van der Waals surface area contributed by atoms with Crippen LogP contribution in [0.25, 0.3) is 0 Å². The summed E-state index contributed by atoms with van der Waals surface area (Å²) in [4.78, 5) is 12.2. The summed E-state index contributed by atoms with van der Waals surface area (Å²) in [5.74, 6) is 3.29. The van der Waals surface area contributed by atoms with Gasteiger partial charge in [-0.05, 0) is 62.7 Å². The van der Waals surface area contributed by atoms with Gasteiger partial charge >= 0.3 is 0 Å². The lowest BCUT2D eigenvalue weighted by Gasteiger charge is -2.54. The third kappa shape index (κ3) is 1.29. The number of aromatic amines is 1. The second kappa shape index (κ2) is 3.43. The number of nitrogens with one attached hydrogen (secondary N) is 1. The number of hydrogen-bond donors (Lipinski definition) is 2. The maximum absolute atomic E-state index is 12.2. The Bertz CT molecular complexity index is 514. The average molecular weight is 247 g/mol. The second-order valence-corrected chi connectivity index (χ2v) is 6.75. The van der Waals surface area contributed by atoms with Gasteiger partial charge in [-0.2, -0.15) is 0 Å². The Morgan fingerprint density at radius 1 is 1.11 bits per heavy atom. The SMILES string of the molecule is Cc1[nH]n(C2C3CC4CC(C3)CC2C4)c(=O)c1N. The molecule has 5 rings (SSSR count). The molecule has 1 aromatic rings. The Hall–Kier alpha value is -1.19. The molecule has 3 N–H and O–H groups in total. The molecule has 4 aliphatic rings. The summed E-state index contributed by atoms with van der Waals surface area (Å²) in [5.41, 5.74) is 7.07. The topological polar surface area (TPSA) is 63.8 Å². The van der Waals surface area contributed by atoms with Gasteiger partial charge in [0.05, 0.1) is 11.7 Å². The van der Waals surface area contributed by atoms with Crippen LogP contribution in [0.3, 0.4) is 0 Å². The molecule has 18 heavy (non-hydrogen) atoms. The average Bonchev–Trinajstić information content (AvgIpc) is 2.56. The van der Waals surface area contributed by atoms with E-state index in [1.165, 1.54) is 32.1 Å². The van der Waals surface area contributed by atoms with Gasteiger partial charge in [0.25, 0.3) is 5.56 Å². The Balaban J connectivity index is 1.77. The minimum absolute atomic E-state index is 0.00461. The van der Waals surface area contributed by atoms with Crippen molar-refractivity contribution in [1.29, 1.82) is 0 Å². The highest BCUT2D eigenvalue weighted by atomic mass is 16.1. The molecule has 4 saturated carbocycles. The van der Waals surface area contributed by atoms with Crippen LogP contribution in [-0.2, 0) is 0 Å². The van der Waals surface area contributed by atoms with Gasteiger partial charge in [0.15, 0.2) is 0 Å². The molecule has 0 radical (unpaired) electrons. The number of nitrogen functional groups attached to an aromatic ring is 1. The molecule has 4 nitrogen and oxygen atoms in total. The molecule has 0 spiro atoms. The first-order valence-corrected chi connectivity index (χ1v) is 7.20. The van der Waals surface area contributed by atoms with Crippen molar-refractivity contribution in [3.05, 3.63) is 16.0 Å². The van der Waals surface area contributed by atoms with E-state index in [1.54, 1.807) is 0 Å². The van der Waals surface area contributed by atoms with Gasteiger partial charge < -0.3 is 5.73 Å². The lowest BCUT2D eigenvalue weighted by atomic mass is 9.54. The fraction of sp³-hybridized carbons (Fsp3) is 0.786. The smallest absolute Gasteiger partial charge is 0.290 e. The number of anilines is 1. The number of rotatable bonds is 1. The van der Waals surface area contributed by atoms with Crippen LogP contribution in [0.15, 0.2) is 4.79 Å². The predicted octanol–water partition coefficient (Wildman–Crippen LogP) is 2.06. The van der Waals surface area contributed by atoms with Crippen molar-refractivity contribution in [2.75, 3.05) is 5.73 Å². The number of aryl methyl sites for hydroxylation is 1. The first-order chi connectivity index (χ1) is 8.63. The molecule has 0 atom stereocenters. The Labute approximate surface area is 107 Å². The molecule has 0 aliphatic heterocycles. The van der Waals surface area contributed by atoms with Gasteiger partial charge in [-0.3, -0.25) is 9.89 Å². The molecule has 4 aliphatic carbocycles. The van der Waals surface area contributed by atoms with E-state index in [-0.39, 0.29) is 5.56 Å². The van der Waals surface area contributed by atoms with E-state index in [9.17, 15) is 4.79 Å². The fourth-order valence-corrected chi connectivity index (χ4v) is 5.11. The van der Waals surface area contributed by atoms with E-state index in [2.05, 4.69) is 5.10 Å². The molecule has 4 heteroatoms. The van der Waals surface area contributed by atoms with E-state index in [0.29, 0.717) is 23.6 Å². The van der Waals surface area contributed by atoms with Crippen molar-refractivity contribution < 1.29 is 0 Å². The summed E-state index contributed by atoms with van der Waals surface area (Å²) < 4.78 is 1.86. The van der Waals surface area contributed by atoms with Gasteiger partial charge in [-0.1, -0.05) is 0 Å². The minimum Gasteiger partial charge on any atom is -0.393 e. The van der Waals surface area contributed by atoms with Gasteiger partial charge in [-0.25, -0.2) is 4.68 Å². The van der Waals surface area contributed by atoms with Crippen molar-refractivity contribution >= 4 is 5.69 Å². The lowest BCUT2D eigenvalue weighted by Crippen LogP contribution is -2.48. The quantitative estimate of drug-likeness (QED) is 0.798. The largest absolute Gasteiger partial charge is 0.393 e. The first kappa shape index (κ1) is 10.7. The summed E-state index contributed by atoms with van der Waals surface area (Å²) >= 11 is 0. The zero-order chi connectivity index (χ0) is 12.4. The number of aromatic nitrogens is 2. The third-order valence-corrected chi connectivity index (χ3v) is 5.62. The van der Waals surface area contributed by atoms with Gasteiger partial charge in [-0.15, -0.1) is 0 Å². The van der Waals surface area contributed by atoms with Crippen molar-refractivity contribution in [2.24, 2.45) is 23.7 Å². The molecule has 4 bridgehead atoms. The summed E-state index contributed by atoms with van der Waals surface area (Å²) in [7, 11) is 0. The second-order valence-electron chi connectivity index (χ2n) is 6.75. The molecule has 0 aromatic carbocycles. The normalized spacial score (nSPS) is 41.5. The molecule has 1 heterocycles. The molecular weight excluding hydrogens is 226 g/mol. The van der Waals surface area contributed by atoms with E-state index in [4.69, 9.17) is 5.73 Å². The van der Waals surface area contributed by atoms with Crippen LogP contribution in [-0.4, -0.2) is 9.78 Å². The Morgan fingerprint density at radius 3 is 2.11 bits per heavy atom. The van der Waals surface area contributed by atoms with Crippen LogP contribution in [0.4, 0.5) is 5.69 Å². The van der Waals surface area contributed by atoms with Crippen LogP contribution in [0.2, 0.25) is 0 Å². The van der Waals surface area contributed by atoms with Crippen LogP contribution >= 0.6 is 0 Å². The summed E-state index contributed by atoms with van der Waals surface area (Å²) in [5, 5.41) is 3.22. The number of nitrogens with two attached hydrogens (primary N) is 1. The molecule has 0 amide bonds. The third-order valence-electron chi connectivity index (χ3n) is 5.62. The fourth-order valence-electron chi connectivity index (χ4n) is 5.11. The van der Waals surface area contributed by atoms with Crippen molar-refractivity contribution in [3.63, 3.8) is 0 Å². The maximum Gasteiger partial charge on any atom is 0.290 e. The molecule has 0 saturated heterocycles. The molecule has 1 aromatic heterocycles. The van der Waals surface area contributed by atoms with E-state index in [0.717, 1.165) is 17.5 Å². The molecule has 4 fully saturated rings. The number of nitrogens with zero attached hydrogens (tertiary/aromatic N) is 1.